The standard InChI is InChI=1S/C17H16N2O4S/c1-24-12-6-4-11(5-7-12)14(20)10-18-17(21)13-9-16(23-19-13)15-3-2-8-22-15/h2-9,14,20H,10H2,1H3,(H,18,21). The van der Waals surface area contributed by atoms with Gasteiger partial charge in [-0.2, -0.15) is 0 Å². The van der Waals surface area contributed by atoms with E-state index in [0.29, 0.717) is 11.5 Å². The van der Waals surface area contributed by atoms with E-state index in [2.05, 4.69) is 10.5 Å². The van der Waals surface area contributed by atoms with Crippen LogP contribution in [-0.4, -0.2) is 29.0 Å². The number of benzene rings is 1. The summed E-state index contributed by atoms with van der Waals surface area (Å²) in [5.41, 5.74) is 0.871. The maximum atomic E-state index is 12.1. The maximum absolute atomic E-state index is 12.1. The van der Waals surface area contributed by atoms with Crippen molar-refractivity contribution in [1.29, 1.82) is 0 Å². The maximum Gasteiger partial charge on any atom is 0.273 e. The molecule has 0 aliphatic heterocycles. The van der Waals surface area contributed by atoms with Gasteiger partial charge in [0, 0.05) is 17.5 Å². The molecule has 1 unspecified atom stereocenters. The second-order valence-electron chi connectivity index (χ2n) is 5.05. The lowest BCUT2D eigenvalue weighted by Gasteiger charge is -2.12. The van der Waals surface area contributed by atoms with Crippen LogP contribution in [0.15, 0.2) is 62.6 Å². The molecule has 3 rings (SSSR count). The van der Waals surface area contributed by atoms with Gasteiger partial charge in [-0.15, -0.1) is 11.8 Å². The molecule has 0 radical (unpaired) electrons. The monoisotopic (exact) mass is 344 g/mol. The van der Waals surface area contributed by atoms with Crippen LogP contribution in [0.1, 0.15) is 22.2 Å². The van der Waals surface area contributed by atoms with E-state index >= 15 is 0 Å². The Hall–Kier alpha value is -2.51. The number of rotatable bonds is 6. The van der Waals surface area contributed by atoms with Crippen LogP contribution in [0.3, 0.4) is 0 Å². The first-order valence-electron chi connectivity index (χ1n) is 7.28. The van der Waals surface area contributed by atoms with Crippen LogP contribution in [0, 0.1) is 0 Å². The summed E-state index contributed by atoms with van der Waals surface area (Å²) in [6, 6.07) is 12.5. The van der Waals surface area contributed by atoms with Gasteiger partial charge in [0.2, 0.25) is 5.76 Å². The molecule has 2 heterocycles. The predicted octanol–water partition coefficient (Wildman–Crippen LogP) is 3.12. The van der Waals surface area contributed by atoms with E-state index in [1.807, 2.05) is 30.5 Å². The van der Waals surface area contributed by atoms with E-state index in [-0.39, 0.29) is 12.2 Å². The van der Waals surface area contributed by atoms with Crippen LogP contribution in [0.5, 0.6) is 0 Å². The normalized spacial score (nSPS) is 12.1. The van der Waals surface area contributed by atoms with Crippen LogP contribution >= 0.6 is 11.8 Å². The Morgan fingerprint density at radius 1 is 1.29 bits per heavy atom. The first-order valence-corrected chi connectivity index (χ1v) is 8.50. The van der Waals surface area contributed by atoms with Crippen molar-refractivity contribution in [2.75, 3.05) is 12.8 Å². The fraction of sp³-hybridized carbons (Fsp3) is 0.176. The highest BCUT2D eigenvalue weighted by molar-refractivity contribution is 7.98. The zero-order valence-electron chi connectivity index (χ0n) is 12.9. The topological polar surface area (TPSA) is 88.5 Å². The first-order chi connectivity index (χ1) is 11.7. The molecule has 3 aromatic rings. The van der Waals surface area contributed by atoms with E-state index in [1.54, 1.807) is 23.9 Å². The van der Waals surface area contributed by atoms with Gasteiger partial charge in [0.05, 0.1) is 12.4 Å². The Bertz CT molecular complexity index is 796. The van der Waals surface area contributed by atoms with Crippen molar-refractivity contribution in [3.8, 4) is 11.5 Å². The van der Waals surface area contributed by atoms with E-state index < -0.39 is 12.0 Å². The summed E-state index contributed by atoms with van der Waals surface area (Å²) in [4.78, 5) is 13.2. The Morgan fingerprint density at radius 3 is 2.75 bits per heavy atom. The van der Waals surface area contributed by atoms with Crippen LogP contribution in [0.4, 0.5) is 0 Å². The molecule has 0 bridgehead atoms. The van der Waals surface area contributed by atoms with Gasteiger partial charge < -0.3 is 19.4 Å². The third-order valence-corrected chi connectivity index (χ3v) is 4.21. The van der Waals surface area contributed by atoms with Crippen molar-refractivity contribution in [1.82, 2.24) is 10.5 Å². The van der Waals surface area contributed by atoms with Crippen LogP contribution < -0.4 is 5.32 Å². The summed E-state index contributed by atoms with van der Waals surface area (Å²) in [6.07, 6.45) is 2.71. The SMILES string of the molecule is CSc1ccc(C(O)CNC(=O)c2cc(-c3ccco3)on2)cc1. The first kappa shape index (κ1) is 16.4. The number of aliphatic hydroxyl groups excluding tert-OH is 1. The molecule has 6 nitrogen and oxygen atoms in total. The highest BCUT2D eigenvalue weighted by Crippen LogP contribution is 2.21. The Balaban J connectivity index is 1.58. The molecular weight excluding hydrogens is 328 g/mol. The number of amides is 1. The van der Waals surface area contributed by atoms with E-state index in [1.165, 1.54) is 12.3 Å². The van der Waals surface area contributed by atoms with Gasteiger partial charge >= 0.3 is 0 Å². The number of hydrogen-bond acceptors (Lipinski definition) is 6. The molecule has 0 saturated carbocycles. The lowest BCUT2D eigenvalue weighted by Crippen LogP contribution is -2.28. The lowest BCUT2D eigenvalue weighted by atomic mass is 10.1. The van der Waals surface area contributed by atoms with Crippen LogP contribution in [-0.2, 0) is 0 Å². The Kier molecular flexibility index (Phi) is 5.02. The van der Waals surface area contributed by atoms with Gasteiger partial charge in [0.15, 0.2) is 11.5 Å². The number of carbonyl (C=O) groups is 1. The number of thioether (sulfide) groups is 1. The third kappa shape index (κ3) is 3.69. The lowest BCUT2D eigenvalue weighted by molar-refractivity contribution is 0.0907. The van der Waals surface area contributed by atoms with Crippen molar-refractivity contribution in [2.45, 2.75) is 11.0 Å². The van der Waals surface area contributed by atoms with Crippen molar-refractivity contribution >= 4 is 17.7 Å². The second-order valence-corrected chi connectivity index (χ2v) is 5.93. The molecule has 24 heavy (non-hydrogen) atoms. The molecule has 2 aromatic heterocycles. The van der Waals surface area contributed by atoms with Gasteiger partial charge in [-0.1, -0.05) is 17.3 Å². The fourth-order valence-electron chi connectivity index (χ4n) is 2.14. The van der Waals surface area contributed by atoms with Crippen LogP contribution in [0.25, 0.3) is 11.5 Å². The molecule has 1 aromatic carbocycles. The number of carbonyl (C=O) groups excluding carboxylic acids is 1. The predicted molar refractivity (Wildman–Crippen MR) is 89.7 cm³/mol. The van der Waals surface area contributed by atoms with Gasteiger partial charge in [-0.3, -0.25) is 4.79 Å². The molecule has 1 amide bonds. The summed E-state index contributed by atoms with van der Waals surface area (Å²) in [6.45, 7) is 0.0837. The average molecular weight is 344 g/mol. The molecule has 1 atom stereocenters. The molecule has 0 fully saturated rings. The molecule has 0 saturated heterocycles. The Morgan fingerprint density at radius 2 is 2.08 bits per heavy atom. The molecular formula is C17H16N2O4S. The van der Waals surface area contributed by atoms with E-state index in [9.17, 15) is 9.90 Å². The number of nitrogens with zero attached hydrogens (tertiary/aromatic N) is 1. The highest BCUT2D eigenvalue weighted by atomic mass is 32.2. The number of aromatic nitrogens is 1. The van der Waals surface area contributed by atoms with E-state index in [4.69, 9.17) is 8.94 Å². The molecule has 7 heteroatoms. The molecule has 0 spiro atoms. The summed E-state index contributed by atoms with van der Waals surface area (Å²) in [7, 11) is 0. The van der Waals surface area contributed by atoms with Gasteiger partial charge in [0.25, 0.3) is 5.91 Å². The largest absolute Gasteiger partial charge is 0.461 e. The van der Waals surface area contributed by atoms with Crippen molar-refractivity contribution in [3.05, 3.63) is 60.0 Å². The van der Waals surface area contributed by atoms with Crippen molar-refractivity contribution in [3.63, 3.8) is 0 Å². The smallest absolute Gasteiger partial charge is 0.273 e. The van der Waals surface area contributed by atoms with Gasteiger partial charge in [-0.05, 0) is 36.1 Å². The Labute approximate surface area is 142 Å². The third-order valence-electron chi connectivity index (χ3n) is 3.46. The molecule has 2 N–H and O–H groups in total. The number of hydrogen-bond donors (Lipinski definition) is 2. The summed E-state index contributed by atoms with van der Waals surface area (Å²) < 4.78 is 10.3. The summed E-state index contributed by atoms with van der Waals surface area (Å²) >= 11 is 1.63. The molecule has 0 aliphatic rings. The zero-order valence-corrected chi connectivity index (χ0v) is 13.7. The average Bonchev–Trinajstić information content (AvgIpc) is 3.30. The zero-order chi connectivity index (χ0) is 16.9. The molecule has 124 valence electrons. The van der Waals surface area contributed by atoms with Gasteiger partial charge in [-0.25, -0.2) is 0 Å². The minimum absolute atomic E-state index is 0.0837. The van der Waals surface area contributed by atoms with Gasteiger partial charge in [0.1, 0.15) is 0 Å². The van der Waals surface area contributed by atoms with Crippen LogP contribution in [0.2, 0.25) is 0 Å². The summed E-state index contributed by atoms with van der Waals surface area (Å²) in [5.74, 6) is 0.449. The van der Waals surface area contributed by atoms with E-state index in [0.717, 1.165) is 10.5 Å². The quantitative estimate of drug-likeness (QED) is 0.668. The number of furan rings is 1. The van der Waals surface area contributed by atoms with Crippen molar-refractivity contribution in [2.24, 2.45) is 0 Å². The highest BCUT2D eigenvalue weighted by Gasteiger charge is 2.16. The fourth-order valence-corrected chi connectivity index (χ4v) is 2.55. The molecule has 0 aliphatic carbocycles. The number of aliphatic hydroxyl groups is 1. The minimum Gasteiger partial charge on any atom is -0.461 e. The minimum atomic E-state index is -0.790. The van der Waals surface area contributed by atoms with Crippen molar-refractivity contribution < 1.29 is 18.8 Å². The second kappa shape index (κ2) is 7.37. The summed E-state index contributed by atoms with van der Waals surface area (Å²) in [5, 5.41) is 16.5. The number of nitrogens with one attached hydrogen (secondary N) is 1.